The second-order valence-electron chi connectivity index (χ2n) is 8.29. The van der Waals surface area contributed by atoms with Crippen molar-refractivity contribution >= 4 is 17.3 Å². The van der Waals surface area contributed by atoms with Crippen LogP contribution in [0.15, 0.2) is 36.4 Å². The summed E-state index contributed by atoms with van der Waals surface area (Å²) in [6, 6.07) is 8.81. The number of amides is 1. The van der Waals surface area contributed by atoms with Crippen molar-refractivity contribution in [3.8, 4) is 17.2 Å². The van der Waals surface area contributed by atoms with Crippen LogP contribution >= 0.6 is 0 Å². The Morgan fingerprint density at radius 1 is 1.12 bits per heavy atom. The number of anilines is 1. The zero-order chi connectivity index (χ0) is 23.7. The van der Waals surface area contributed by atoms with E-state index in [1.165, 1.54) is 12.1 Å². The maximum atomic E-state index is 13.6. The SMILES string of the molecule is COc1ccc(NC(=O)C(c2cc3c(cc2[N+](=O)[O-])OCO3)N2CCC3(CC2)OCCO3)cc1. The standard InChI is InChI=1S/C23H25N3O8/c1-30-16-4-2-15(3-5-16)24-22(27)21(25-8-6-23(7-9-25)33-10-11-34-23)17-12-19-20(32-14-31-19)13-18(17)26(28)29/h2-5,12-13,21H,6-11,14H2,1H3,(H,24,27). The van der Waals surface area contributed by atoms with Crippen LogP contribution in [0.3, 0.4) is 0 Å². The number of piperidine rings is 1. The number of nitro benzene ring substituents is 1. The van der Waals surface area contributed by atoms with Gasteiger partial charge in [0.2, 0.25) is 12.7 Å². The Labute approximate surface area is 195 Å². The minimum atomic E-state index is -0.934. The minimum Gasteiger partial charge on any atom is -0.497 e. The normalized spacial score (nSPS) is 19.7. The fourth-order valence-electron chi connectivity index (χ4n) is 4.62. The molecule has 1 atom stereocenters. The zero-order valence-corrected chi connectivity index (χ0v) is 18.7. The third-order valence-electron chi connectivity index (χ3n) is 6.36. The van der Waals surface area contributed by atoms with E-state index in [0.29, 0.717) is 56.3 Å². The van der Waals surface area contributed by atoms with Gasteiger partial charge in [-0.3, -0.25) is 19.8 Å². The fourth-order valence-corrected chi connectivity index (χ4v) is 4.62. The van der Waals surface area contributed by atoms with Crippen molar-refractivity contribution in [2.45, 2.75) is 24.7 Å². The lowest BCUT2D eigenvalue weighted by Crippen LogP contribution is -2.48. The highest BCUT2D eigenvalue weighted by Crippen LogP contribution is 2.43. The summed E-state index contributed by atoms with van der Waals surface area (Å²) in [5.41, 5.74) is 0.590. The van der Waals surface area contributed by atoms with Crippen LogP contribution in [0.1, 0.15) is 24.4 Å². The molecule has 1 unspecified atom stereocenters. The Bertz CT molecular complexity index is 1070. The molecule has 2 aromatic carbocycles. The van der Waals surface area contributed by atoms with E-state index >= 15 is 0 Å². The summed E-state index contributed by atoms with van der Waals surface area (Å²) in [6.45, 7) is 1.97. The molecule has 1 N–H and O–H groups in total. The first-order valence-corrected chi connectivity index (χ1v) is 11.0. The Hall–Kier alpha value is -3.41. The van der Waals surface area contributed by atoms with Crippen LogP contribution in [0, 0.1) is 10.1 Å². The van der Waals surface area contributed by atoms with Crippen LogP contribution < -0.4 is 19.5 Å². The Morgan fingerprint density at radius 2 is 1.76 bits per heavy atom. The molecule has 11 heteroatoms. The number of nitrogens with zero attached hydrogens (tertiary/aromatic N) is 2. The highest BCUT2D eigenvalue weighted by atomic mass is 16.7. The molecule has 0 saturated carbocycles. The maximum absolute atomic E-state index is 13.6. The van der Waals surface area contributed by atoms with E-state index in [0.717, 1.165) is 0 Å². The van der Waals surface area contributed by atoms with Crippen molar-refractivity contribution in [3.05, 3.63) is 52.1 Å². The number of carbonyl (C=O) groups excluding carboxylic acids is 1. The number of fused-ring (bicyclic) bond motifs is 1. The lowest BCUT2D eigenvalue weighted by Gasteiger charge is -2.40. The first-order valence-electron chi connectivity index (χ1n) is 11.0. The van der Waals surface area contributed by atoms with Gasteiger partial charge in [0.25, 0.3) is 5.69 Å². The smallest absolute Gasteiger partial charge is 0.278 e. The number of hydrogen-bond donors (Lipinski definition) is 1. The first-order chi connectivity index (χ1) is 16.5. The topological polar surface area (TPSA) is 122 Å². The van der Waals surface area contributed by atoms with Crippen LogP contribution in [0.5, 0.6) is 17.2 Å². The van der Waals surface area contributed by atoms with Gasteiger partial charge < -0.3 is 29.0 Å². The molecular weight excluding hydrogens is 446 g/mol. The summed E-state index contributed by atoms with van der Waals surface area (Å²) in [7, 11) is 1.56. The summed E-state index contributed by atoms with van der Waals surface area (Å²) in [5.74, 6) is 0.276. The van der Waals surface area contributed by atoms with Crippen LogP contribution in [0.4, 0.5) is 11.4 Å². The second kappa shape index (κ2) is 9.09. The van der Waals surface area contributed by atoms with E-state index in [-0.39, 0.29) is 23.8 Å². The largest absolute Gasteiger partial charge is 0.497 e. The van der Waals surface area contributed by atoms with Gasteiger partial charge in [-0.25, -0.2) is 0 Å². The summed E-state index contributed by atoms with van der Waals surface area (Å²) in [5, 5.41) is 14.9. The molecule has 0 aromatic heterocycles. The van der Waals surface area contributed by atoms with Crippen molar-refractivity contribution in [2.75, 3.05) is 45.5 Å². The number of nitrogens with one attached hydrogen (secondary N) is 1. The zero-order valence-electron chi connectivity index (χ0n) is 18.7. The Kier molecular flexibility index (Phi) is 5.98. The second-order valence-corrected chi connectivity index (χ2v) is 8.29. The van der Waals surface area contributed by atoms with Gasteiger partial charge in [0.15, 0.2) is 17.3 Å². The molecule has 34 heavy (non-hydrogen) atoms. The summed E-state index contributed by atoms with van der Waals surface area (Å²) in [6.07, 6.45) is 1.11. The van der Waals surface area contributed by atoms with E-state index in [2.05, 4.69) is 5.32 Å². The predicted octanol–water partition coefficient (Wildman–Crippen LogP) is 2.85. The summed E-state index contributed by atoms with van der Waals surface area (Å²) in [4.78, 5) is 27.0. The van der Waals surface area contributed by atoms with Gasteiger partial charge in [0.1, 0.15) is 11.8 Å². The monoisotopic (exact) mass is 471 g/mol. The van der Waals surface area contributed by atoms with Crippen LogP contribution in [0.25, 0.3) is 0 Å². The predicted molar refractivity (Wildman–Crippen MR) is 119 cm³/mol. The molecule has 1 spiro atoms. The van der Waals surface area contributed by atoms with Crippen molar-refractivity contribution in [1.82, 2.24) is 4.90 Å². The lowest BCUT2D eigenvalue weighted by atomic mass is 9.96. The Balaban J connectivity index is 1.48. The first kappa shape index (κ1) is 22.4. The molecule has 5 rings (SSSR count). The highest BCUT2D eigenvalue weighted by Gasteiger charge is 2.44. The number of ether oxygens (including phenoxy) is 5. The highest BCUT2D eigenvalue weighted by molar-refractivity contribution is 5.96. The van der Waals surface area contributed by atoms with E-state index < -0.39 is 22.7 Å². The molecule has 0 aliphatic carbocycles. The fraction of sp³-hybridized carbons (Fsp3) is 0.435. The number of nitro groups is 1. The third-order valence-corrected chi connectivity index (χ3v) is 6.36. The van der Waals surface area contributed by atoms with Crippen LogP contribution in [0.2, 0.25) is 0 Å². The van der Waals surface area contributed by atoms with Gasteiger partial charge in [-0.15, -0.1) is 0 Å². The molecule has 1 amide bonds. The van der Waals surface area contributed by atoms with Gasteiger partial charge in [-0.05, 0) is 30.3 Å². The molecule has 3 aliphatic heterocycles. The number of methoxy groups -OCH3 is 1. The molecule has 180 valence electrons. The third kappa shape index (κ3) is 4.25. The summed E-state index contributed by atoms with van der Waals surface area (Å²) >= 11 is 0. The van der Waals surface area contributed by atoms with E-state index in [1.54, 1.807) is 31.4 Å². The molecule has 3 heterocycles. The van der Waals surface area contributed by atoms with E-state index in [1.807, 2.05) is 4.90 Å². The lowest BCUT2D eigenvalue weighted by molar-refractivity contribution is -0.386. The molecule has 2 fully saturated rings. The number of hydrogen-bond acceptors (Lipinski definition) is 9. The van der Waals surface area contributed by atoms with E-state index in [4.69, 9.17) is 23.7 Å². The number of rotatable bonds is 6. The Morgan fingerprint density at radius 3 is 2.38 bits per heavy atom. The average molecular weight is 471 g/mol. The average Bonchev–Trinajstić information content (AvgIpc) is 3.50. The number of likely N-dealkylation sites (tertiary alicyclic amines) is 1. The molecule has 2 aromatic rings. The van der Waals surface area contributed by atoms with Crippen molar-refractivity contribution in [2.24, 2.45) is 0 Å². The van der Waals surface area contributed by atoms with Gasteiger partial charge in [-0.1, -0.05) is 0 Å². The minimum absolute atomic E-state index is 0.0282. The summed E-state index contributed by atoms with van der Waals surface area (Å²) < 4.78 is 27.6. The van der Waals surface area contributed by atoms with Crippen molar-refractivity contribution < 1.29 is 33.4 Å². The molecule has 0 radical (unpaired) electrons. The van der Waals surface area contributed by atoms with Crippen molar-refractivity contribution in [1.29, 1.82) is 0 Å². The van der Waals surface area contributed by atoms with Gasteiger partial charge in [0, 0.05) is 31.6 Å². The maximum Gasteiger partial charge on any atom is 0.278 e. The van der Waals surface area contributed by atoms with Gasteiger partial charge >= 0.3 is 0 Å². The molecular formula is C23H25N3O8. The molecule has 3 aliphatic rings. The molecule has 11 nitrogen and oxygen atoms in total. The van der Waals surface area contributed by atoms with Gasteiger partial charge in [0.05, 0.1) is 36.9 Å². The number of benzene rings is 2. The van der Waals surface area contributed by atoms with Gasteiger partial charge in [-0.2, -0.15) is 0 Å². The quantitative estimate of drug-likeness (QED) is 0.501. The van der Waals surface area contributed by atoms with Crippen molar-refractivity contribution in [3.63, 3.8) is 0 Å². The van der Waals surface area contributed by atoms with Crippen LogP contribution in [-0.2, 0) is 14.3 Å². The molecule has 0 bridgehead atoms. The van der Waals surface area contributed by atoms with E-state index in [9.17, 15) is 14.9 Å². The van der Waals surface area contributed by atoms with Crippen LogP contribution in [-0.4, -0.2) is 61.7 Å². The molecule has 2 saturated heterocycles. The number of carbonyl (C=O) groups is 1.